The first kappa shape index (κ1) is 19.2. The number of hydrogen-bond acceptors (Lipinski definition) is 4. The fourth-order valence-electron chi connectivity index (χ4n) is 2.45. The molecule has 0 aromatic rings. The Kier molecular flexibility index (Phi) is 6.21. The Labute approximate surface area is 131 Å². The summed E-state index contributed by atoms with van der Waals surface area (Å²) in [6, 6.07) is 0. The molecule has 128 valence electrons. The van der Waals surface area contributed by atoms with Gasteiger partial charge in [0.2, 0.25) is 5.78 Å². The van der Waals surface area contributed by atoms with Gasteiger partial charge in [-0.2, -0.15) is 0 Å². The number of halogens is 2. The first-order chi connectivity index (χ1) is 9.93. The van der Waals surface area contributed by atoms with Crippen molar-refractivity contribution in [3.63, 3.8) is 0 Å². The van der Waals surface area contributed by atoms with E-state index in [9.17, 15) is 18.4 Å². The Morgan fingerprint density at radius 2 is 1.82 bits per heavy atom. The number of ether oxygens (including phenoxy) is 1. The standard InChI is InChI=1S/C16H27F2NO3/c1-15(2,3)12(20)10-19-6-7-22-11(9-19)8-16(4,5)13(21)14(17)18/h11,14H,6-10H2,1-5H3. The Morgan fingerprint density at radius 3 is 2.32 bits per heavy atom. The molecule has 1 atom stereocenters. The SMILES string of the molecule is CC(C)(C)C(=O)CN1CCOC(CC(C)(C)C(=O)C(F)F)C1. The Morgan fingerprint density at radius 1 is 1.23 bits per heavy atom. The summed E-state index contributed by atoms with van der Waals surface area (Å²) >= 11 is 0. The molecular formula is C16H27F2NO3. The Balaban J connectivity index is 2.60. The molecule has 0 aliphatic carbocycles. The molecule has 1 rings (SSSR count). The van der Waals surface area contributed by atoms with Crippen LogP contribution in [0.4, 0.5) is 8.78 Å². The summed E-state index contributed by atoms with van der Waals surface area (Å²) < 4.78 is 30.8. The average Bonchev–Trinajstić information content (AvgIpc) is 2.36. The van der Waals surface area contributed by atoms with E-state index in [1.54, 1.807) is 0 Å². The van der Waals surface area contributed by atoms with Gasteiger partial charge in [-0.15, -0.1) is 0 Å². The molecule has 1 heterocycles. The van der Waals surface area contributed by atoms with E-state index >= 15 is 0 Å². The second-order valence-corrected chi connectivity index (χ2v) is 7.65. The predicted octanol–water partition coefficient (Wildman–Crippen LogP) is 2.55. The predicted molar refractivity (Wildman–Crippen MR) is 80.1 cm³/mol. The monoisotopic (exact) mass is 319 g/mol. The molecule has 22 heavy (non-hydrogen) atoms. The molecular weight excluding hydrogens is 292 g/mol. The van der Waals surface area contributed by atoms with Crippen LogP contribution >= 0.6 is 0 Å². The Bertz CT molecular complexity index is 416. The van der Waals surface area contributed by atoms with Gasteiger partial charge in [-0.05, 0) is 6.42 Å². The van der Waals surface area contributed by atoms with Gasteiger partial charge in [-0.25, -0.2) is 8.78 Å². The molecule has 6 heteroatoms. The van der Waals surface area contributed by atoms with Crippen molar-refractivity contribution in [2.24, 2.45) is 10.8 Å². The lowest BCUT2D eigenvalue weighted by Gasteiger charge is -2.36. The summed E-state index contributed by atoms with van der Waals surface area (Å²) in [5, 5.41) is 0. The number of hydrogen-bond donors (Lipinski definition) is 0. The molecule has 1 unspecified atom stereocenters. The molecule has 0 amide bonds. The number of alkyl halides is 2. The first-order valence-corrected chi connectivity index (χ1v) is 7.63. The molecule has 0 spiro atoms. The Hall–Kier alpha value is -0.880. The number of nitrogens with zero attached hydrogens (tertiary/aromatic N) is 1. The van der Waals surface area contributed by atoms with Crippen LogP contribution in [0.15, 0.2) is 0 Å². The van der Waals surface area contributed by atoms with Gasteiger partial charge in [-0.1, -0.05) is 34.6 Å². The van der Waals surface area contributed by atoms with E-state index in [-0.39, 0.29) is 18.3 Å². The number of rotatable bonds is 6. The number of morpholine rings is 1. The van der Waals surface area contributed by atoms with Crippen LogP contribution < -0.4 is 0 Å². The molecule has 0 aromatic carbocycles. The lowest BCUT2D eigenvalue weighted by Crippen LogP contribution is -2.48. The van der Waals surface area contributed by atoms with Gasteiger partial charge in [0.1, 0.15) is 0 Å². The molecule has 0 bridgehead atoms. The quantitative estimate of drug-likeness (QED) is 0.755. The zero-order valence-corrected chi connectivity index (χ0v) is 14.1. The number of Topliss-reactive ketones (excluding diaryl/α,β-unsaturated/α-hetero) is 2. The fourth-order valence-corrected chi connectivity index (χ4v) is 2.45. The highest BCUT2D eigenvalue weighted by Crippen LogP contribution is 2.29. The van der Waals surface area contributed by atoms with E-state index in [2.05, 4.69) is 0 Å². The molecule has 0 radical (unpaired) electrons. The molecule has 1 fully saturated rings. The highest BCUT2D eigenvalue weighted by Gasteiger charge is 2.38. The second-order valence-electron chi connectivity index (χ2n) is 7.65. The smallest absolute Gasteiger partial charge is 0.296 e. The molecule has 1 saturated heterocycles. The first-order valence-electron chi connectivity index (χ1n) is 7.63. The molecule has 0 aromatic heterocycles. The van der Waals surface area contributed by atoms with Crippen molar-refractivity contribution in [1.29, 1.82) is 0 Å². The minimum Gasteiger partial charge on any atom is -0.376 e. The van der Waals surface area contributed by atoms with Crippen molar-refractivity contribution < 1.29 is 23.1 Å². The lowest BCUT2D eigenvalue weighted by molar-refractivity contribution is -0.142. The number of carbonyl (C=O) groups is 2. The van der Waals surface area contributed by atoms with E-state index in [4.69, 9.17) is 4.74 Å². The maximum absolute atomic E-state index is 12.6. The van der Waals surface area contributed by atoms with Crippen LogP contribution in [0.2, 0.25) is 0 Å². The van der Waals surface area contributed by atoms with Crippen LogP contribution in [0.25, 0.3) is 0 Å². The third-order valence-corrected chi connectivity index (χ3v) is 4.03. The van der Waals surface area contributed by atoms with Crippen LogP contribution in [0.3, 0.4) is 0 Å². The van der Waals surface area contributed by atoms with Crippen LogP contribution in [0.1, 0.15) is 41.0 Å². The zero-order chi connectivity index (χ0) is 17.1. The van der Waals surface area contributed by atoms with Crippen LogP contribution in [0, 0.1) is 10.8 Å². The van der Waals surface area contributed by atoms with Crippen LogP contribution in [-0.2, 0) is 14.3 Å². The van der Waals surface area contributed by atoms with Crippen molar-refractivity contribution in [3.05, 3.63) is 0 Å². The van der Waals surface area contributed by atoms with E-state index in [0.29, 0.717) is 26.2 Å². The van der Waals surface area contributed by atoms with E-state index in [1.807, 2.05) is 25.7 Å². The third-order valence-electron chi connectivity index (χ3n) is 4.03. The number of ketones is 2. The minimum absolute atomic E-state index is 0.135. The normalized spacial score (nSPS) is 21.2. The van der Waals surface area contributed by atoms with Crippen molar-refractivity contribution in [2.45, 2.75) is 53.6 Å². The van der Waals surface area contributed by atoms with Crippen molar-refractivity contribution in [1.82, 2.24) is 4.90 Å². The van der Waals surface area contributed by atoms with Gasteiger partial charge < -0.3 is 4.74 Å². The summed E-state index contributed by atoms with van der Waals surface area (Å²) in [6.45, 7) is 10.6. The molecule has 0 N–H and O–H groups in total. The van der Waals surface area contributed by atoms with Gasteiger partial charge in [-0.3, -0.25) is 14.5 Å². The van der Waals surface area contributed by atoms with Crippen molar-refractivity contribution in [3.8, 4) is 0 Å². The maximum atomic E-state index is 12.6. The highest BCUT2D eigenvalue weighted by molar-refractivity contribution is 5.87. The minimum atomic E-state index is -2.96. The summed E-state index contributed by atoms with van der Waals surface area (Å²) in [5.74, 6) is -0.921. The fraction of sp³-hybridized carbons (Fsp3) is 0.875. The highest BCUT2D eigenvalue weighted by atomic mass is 19.3. The van der Waals surface area contributed by atoms with Gasteiger partial charge >= 0.3 is 0 Å². The topological polar surface area (TPSA) is 46.6 Å². The summed E-state index contributed by atoms with van der Waals surface area (Å²) in [7, 11) is 0. The van der Waals surface area contributed by atoms with Gasteiger partial charge in [0.05, 0.1) is 19.3 Å². The molecule has 0 saturated carbocycles. The summed E-state index contributed by atoms with van der Waals surface area (Å²) in [6.07, 6.45) is -3.03. The molecule has 1 aliphatic rings. The third kappa shape index (κ3) is 5.39. The zero-order valence-electron chi connectivity index (χ0n) is 14.1. The lowest BCUT2D eigenvalue weighted by atomic mass is 9.82. The van der Waals surface area contributed by atoms with Crippen LogP contribution in [-0.4, -0.2) is 55.2 Å². The maximum Gasteiger partial charge on any atom is 0.296 e. The number of carbonyl (C=O) groups excluding carboxylic acids is 2. The second kappa shape index (κ2) is 7.13. The van der Waals surface area contributed by atoms with Crippen molar-refractivity contribution >= 4 is 11.6 Å². The summed E-state index contributed by atoms with van der Waals surface area (Å²) in [5.41, 5.74) is -1.53. The van der Waals surface area contributed by atoms with E-state index in [1.165, 1.54) is 13.8 Å². The summed E-state index contributed by atoms with van der Waals surface area (Å²) in [4.78, 5) is 25.6. The van der Waals surface area contributed by atoms with Crippen molar-refractivity contribution in [2.75, 3.05) is 26.2 Å². The molecule has 4 nitrogen and oxygen atoms in total. The van der Waals surface area contributed by atoms with Gasteiger partial charge in [0.25, 0.3) is 6.43 Å². The van der Waals surface area contributed by atoms with Gasteiger partial charge in [0.15, 0.2) is 5.78 Å². The van der Waals surface area contributed by atoms with Crippen LogP contribution in [0.5, 0.6) is 0 Å². The molecule has 1 aliphatic heterocycles. The van der Waals surface area contributed by atoms with E-state index < -0.39 is 23.0 Å². The van der Waals surface area contributed by atoms with Gasteiger partial charge in [0, 0.05) is 23.9 Å². The average molecular weight is 319 g/mol. The van der Waals surface area contributed by atoms with E-state index in [0.717, 1.165) is 0 Å². The largest absolute Gasteiger partial charge is 0.376 e.